The van der Waals surface area contributed by atoms with E-state index < -0.39 is 11.9 Å². The highest BCUT2D eigenvalue weighted by Gasteiger charge is 2.40. The number of methoxy groups -OCH3 is 2. The van der Waals surface area contributed by atoms with Crippen LogP contribution in [0.15, 0.2) is 23.5 Å². The number of carbonyl (C=O) groups is 2. The van der Waals surface area contributed by atoms with Gasteiger partial charge in [-0.05, 0) is 18.9 Å². The fourth-order valence-corrected chi connectivity index (χ4v) is 1.79. The number of rotatable bonds is 3. The number of hydrogen-bond donors (Lipinski definition) is 0. The fourth-order valence-electron chi connectivity index (χ4n) is 1.79. The maximum absolute atomic E-state index is 11.6. The second-order valence-electron chi connectivity index (χ2n) is 4.05. The van der Waals surface area contributed by atoms with E-state index in [2.05, 4.69) is 4.74 Å². The van der Waals surface area contributed by atoms with Crippen LogP contribution in [-0.4, -0.2) is 32.3 Å². The summed E-state index contributed by atoms with van der Waals surface area (Å²) in [5, 5.41) is 0. The van der Waals surface area contributed by atoms with Crippen molar-refractivity contribution >= 4 is 11.9 Å². The summed E-state index contributed by atoms with van der Waals surface area (Å²) in [5.74, 6) is -0.646. The van der Waals surface area contributed by atoms with Crippen LogP contribution in [0.4, 0.5) is 0 Å². The SMILES string of the molecule is COC(=O)C1=COC(C2CC2)C(C(=O)OC)=C1. The van der Waals surface area contributed by atoms with E-state index in [1.165, 1.54) is 26.6 Å². The molecule has 1 aliphatic carbocycles. The first-order chi connectivity index (χ1) is 8.17. The maximum atomic E-state index is 11.6. The van der Waals surface area contributed by atoms with Gasteiger partial charge in [-0.2, -0.15) is 0 Å². The van der Waals surface area contributed by atoms with Gasteiger partial charge in [0.25, 0.3) is 0 Å². The Morgan fingerprint density at radius 2 is 1.88 bits per heavy atom. The highest BCUT2D eigenvalue weighted by Crippen LogP contribution is 2.39. The quantitative estimate of drug-likeness (QED) is 0.685. The van der Waals surface area contributed by atoms with Crippen LogP contribution < -0.4 is 0 Å². The van der Waals surface area contributed by atoms with Crippen LogP contribution in [0.5, 0.6) is 0 Å². The van der Waals surface area contributed by atoms with Gasteiger partial charge in [-0.3, -0.25) is 0 Å². The van der Waals surface area contributed by atoms with Crippen LogP contribution in [-0.2, 0) is 23.8 Å². The highest BCUT2D eigenvalue weighted by molar-refractivity contribution is 5.97. The molecule has 0 radical (unpaired) electrons. The molecule has 0 aromatic heterocycles. The molecule has 0 spiro atoms. The topological polar surface area (TPSA) is 61.8 Å². The van der Waals surface area contributed by atoms with E-state index in [0.717, 1.165) is 12.8 Å². The molecule has 5 nitrogen and oxygen atoms in total. The Morgan fingerprint density at radius 3 is 2.41 bits per heavy atom. The first-order valence-electron chi connectivity index (χ1n) is 5.41. The van der Waals surface area contributed by atoms with E-state index in [1.54, 1.807) is 0 Å². The molecule has 0 aromatic carbocycles. The molecule has 92 valence electrons. The summed E-state index contributed by atoms with van der Waals surface area (Å²) in [7, 11) is 2.59. The van der Waals surface area contributed by atoms with Crippen molar-refractivity contribution in [1.82, 2.24) is 0 Å². The van der Waals surface area contributed by atoms with Crippen LogP contribution in [0.3, 0.4) is 0 Å². The van der Waals surface area contributed by atoms with Gasteiger partial charge in [-0.1, -0.05) is 0 Å². The second-order valence-corrected chi connectivity index (χ2v) is 4.05. The Kier molecular flexibility index (Phi) is 3.17. The van der Waals surface area contributed by atoms with Gasteiger partial charge in [0, 0.05) is 5.92 Å². The lowest BCUT2D eigenvalue weighted by Crippen LogP contribution is -2.27. The molecule has 2 rings (SSSR count). The number of esters is 2. The monoisotopic (exact) mass is 238 g/mol. The van der Waals surface area contributed by atoms with Gasteiger partial charge >= 0.3 is 11.9 Å². The van der Waals surface area contributed by atoms with Gasteiger partial charge in [0.15, 0.2) is 0 Å². The summed E-state index contributed by atoms with van der Waals surface area (Å²) < 4.78 is 14.7. The molecule has 0 N–H and O–H groups in total. The van der Waals surface area contributed by atoms with Gasteiger partial charge < -0.3 is 14.2 Å². The Bertz CT molecular complexity index is 403. The minimum absolute atomic E-state index is 0.227. The third kappa shape index (κ3) is 2.33. The third-order valence-corrected chi connectivity index (χ3v) is 2.85. The molecule has 5 heteroatoms. The molecule has 1 fully saturated rings. The van der Waals surface area contributed by atoms with Gasteiger partial charge in [0.2, 0.25) is 0 Å². The van der Waals surface area contributed by atoms with E-state index in [0.29, 0.717) is 11.5 Å². The van der Waals surface area contributed by atoms with Crippen molar-refractivity contribution in [1.29, 1.82) is 0 Å². The Balaban J connectivity index is 2.23. The standard InChI is InChI=1S/C12H14O5/c1-15-11(13)8-5-9(12(14)16-2)10(17-6-8)7-3-4-7/h5-7,10H,3-4H2,1-2H3. The molecule has 17 heavy (non-hydrogen) atoms. The van der Waals surface area contributed by atoms with E-state index >= 15 is 0 Å². The number of carbonyl (C=O) groups excluding carboxylic acids is 2. The van der Waals surface area contributed by atoms with Crippen molar-refractivity contribution < 1.29 is 23.8 Å². The summed E-state index contributed by atoms with van der Waals surface area (Å²) in [5.41, 5.74) is 0.614. The minimum atomic E-state index is -0.527. The summed E-state index contributed by atoms with van der Waals surface area (Å²) in [6.45, 7) is 0. The fraction of sp³-hybridized carbons (Fsp3) is 0.500. The largest absolute Gasteiger partial charge is 0.492 e. The highest BCUT2D eigenvalue weighted by atomic mass is 16.5. The van der Waals surface area contributed by atoms with Crippen molar-refractivity contribution in [2.75, 3.05) is 14.2 Å². The first-order valence-corrected chi connectivity index (χ1v) is 5.41. The summed E-state index contributed by atoms with van der Waals surface area (Å²) in [6, 6.07) is 0. The van der Waals surface area contributed by atoms with Gasteiger partial charge in [0.1, 0.15) is 6.10 Å². The summed E-state index contributed by atoms with van der Waals surface area (Å²) >= 11 is 0. The van der Waals surface area contributed by atoms with Crippen molar-refractivity contribution in [2.24, 2.45) is 5.92 Å². The molecule has 1 saturated carbocycles. The molecule has 0 amide bonds. The minimum Gasteiger partial charge on any atom is -0.492 e. The van der Waals surface area contributed by atoms with Crippen LogP contribution in [0.1, 0.15) is 12.8 Å². The maximum Gasteiger partial charge on any atom is 0.341 e. The zero-order valence-electron chi connectivity index (χ0n) is 9.76. The lowest BCUT2D eigenvalue weighted by molar-refractivity contribution is -0.137. The molecular weight excluding hydrogens is 224 g/mol. The van der Waals surface area contributed by atoms with E-state index in [1.807, 2.05) is 0 Å². The third-order valence-electron chi connectivity index (χ3n) is 2.85. The van der Waals surface area contributed by atoms with Crippen molar-refractivity contribution in [3.8, 4) is 0 Å². The molecule has 0 bridgehead atoms. The van der Waals surface area contributed by atoms with Crippen molar-refractivity contribution in [3.05, 3.63) is 23.5 Å². The smallest absolute Gasteiger partial charge is 0.341 e. The Hall–Kier alpha value is -1.78. The molecule has 1 atom stereocenters. The predicted molar refractivity (Wildman–Crippen MR) is 57.8 cm³/mol. The molecule has 1 heterocycles. The van der Waals surface area contributed by atoms with Gasteiger partial charge in [-0.15, -0.1) is 0 Å². The Labute approximate surface area is 99.0 Å². The average Bonchev–Trinajstić information content (AvgIpc) is 3.20. The molecule has 0 aromatic rings. The molecule has 2 aliphatic rings. The summed E-state index contributed by atoms with van der Waals surface area (Å²) in [6.07, 6.45) is 4.60. The van der Waals surface area contributed by atoms with Crippen LogP contribution >= 0.6 is 0 Å². The molecular formula is C12H14O5. The second kappa shape index (κ2) is 4.61. The molecule has 1 aliphatic heterocycles. The van der Waals surface area contributed by atoms with Crippen LogP contribution in [0.25, 0.3) is 0 Å². The Morgan fingerprint density at radius 1 is 1.24 bits per heavy atom. The average molecular weight is 238 g/mol. The van der Waals surface area contributed by atoms with Gasteiger partial charge in [0.05, 0.1) is 31.6 Å². The molecule has 1 unspecified atom stereocenters. The van der Waals surface area contributed by atoms with Crippen LogP contribution in [0.2, 0.25) is 0 Å². The zero-order chi connectivity index (χ0) is 12.4. The first kappa shape index (κ1) is 11.7. The number of hydrogen-bond acceptors (Lipinski definition) is 5. The number of ether oxygens (including phenoxy) is 3. The summed E-state index contributed by atoms with van der Waals surface area (Å²) in [4.78, 5) is 23.0. The van der Waals surface area contributed by atoms with Crippen LogP contribution in [0, 0.1) is 5.92 Å². The normalized spacial score (nSPS) is 23.1. The van der Waals surface area contributed by atoms with E-state index in [9.17, 15) is 9.59 Å². The zero-order valence-corrected chi connectivity index (χ0v) is 9.76. The van der Waals surface area contributed by atoms with Crippen molar-refractivity contribution in [3.63, 3.8) is 0 Å². The lowest BCUT2D eigenvalue weighted by atomic mass is 10.0. The van der Waals surface area contributed by atoms with Gasteiger partial charge in [-0.25, -0.2) is 9.59 Å². The lowest BCUT2D eigenvalue weighted by Gasteiger charge is -2.22. The van der Waals surface area contributed by atoms with E-state index in [-0.39, 0.29) is 11.7 Å². The predicted octanol–water partition coefficient (Wildman–Crippen LogP) is 0.951. The molecule has 0 saturated heterocycles. The van der Waals surface area contributed by atoms with E-state index in [4.69, 9.17) is 9.47 Å². The van der Waals surface area contributed by atoms with Crippen molar-refractivity contribution in [2.45, 2.75) is 18.9 Å².